The second kappa shape index (κ2) is 5.57. The number of halogens is 3. The molecule has 1 aliphatic rings. The van der Waals surface area contributed by atoms with Gasteiger partial charge in [0.2, 0.25) is 0 Å². The molecule has 0 aliphatic carbocycles. The van der Waals surface area contributed by atoms with Gasteiger partial charge in [-0.15, -0.1) is 0 Å². The summed E-state index contributed by atoms with van der Waals surface area (Å²) in [5.41, 5.74) is -0.834. The van der Waals surface area contributed by atoms with Crippen molar-refractivity contribution in [3.63, 3.8) is 0 Å². The molecule has 2 rings (SSSR count). The zero-order valence-corrected chi connectivity index (χ0v) is 13.9. The van der Waals surface area contributed by atoms with Crippen molar-refractivity contribution in [3.05, 3.63) is 32.8 Å². The van der Waals surface area contributed by atoms with E-state index in [1.165, 1.54) is 12.1 Å². The van der Waals surface area contributed by atoms with Crippen molar-refractivity contribution >= 4 is 46.7 Å². The van der Waals surface area contributed by atoms with Gasteiger partial charge in [0.25, 0.3) is 5.91 Å². The molecule has 0 bridgehead atoms. The normalized spacial score (nSPS) is 22.2. The van der Waals surface area contributed by atoms with Crippen LogP contribution in [-0.4, -0.2) is 11.9 Å². The van der Waals surface area contributed by atoms with Gasteiger partial charge in [0.15, 0.2) is 0 Å². The number of nitrogens with one attached hydrogen (secondary N) is 2. The number of hydrogen-bond acceptors (Lipinski definition) is 2. The third-order valence-electron chi connectivity index (χ3n) is 2.59. The van der Waals surface area contributed by atoms with Gasteiger partial charge in [-0.2, -0.15) is 0 Å². The molecular formula is C10H7Cl3N2NaO2+. The number of hydrogen-bond donors (Lipinski definition) is 2. The number of carbonyl (C=O) groups is 2. The van der Waals surface area contributed by atoms with Crippen LogP contribution < -0.4 is 40.2 Å². The molecule has 4 nitrogen and oxygen atoms in total. The molecule has 2 N–H and O–H groups in total. The predicted molar refractivity (Wildman–Crippen MR) is 65.5 cm³/mol. The van der Waals surface area contributed by atoms with Crippen molar-refractivity contribution in [3.8, 4) is 0 Å². The molecule has 1 heterocycles. The molecule has 90 valence electrons. The quantitative estimate of drug-likeness (QED) is 0.425. The van der Waals surface area contributed by atoms with E-state index in [1.807, 2.05) is 0 Å². The summed E-state index contributed by atoms with van der Waals surface area (Å²) in [5.74, 6) is -0.484. The van der Waals surface area contributed by atoms with E-state index in [1.54, 1.807) is 6.92 Å². The maximum absolute atomic E-state index is 11.7. The molecular weight excluding hydrogens is 309 g/mol. The van der Waals surface area contributed by atoms with Gasteiger partial charge in [-0.25, -0.2) is 4.79 Å². The summed E-state index contributed by atoms with van der Waals surface area (Å²) in [4.78, 5) is 22.9. The van der Waals surface area contributed by atoms with Crippen LogP contribution >= 0.6 is 34.8 Å². The molecule has 0 spiro atoms. The fraction of sp³-hybridized carbons (Fsp3) is 0.200. The zero-order chi connectivity index (χ0) is 12.8. The standard InChI is InChI=1S/C10H7Cl3N2O2.Na/c1-10(8(16)14-9(17)15-10)4-2-6(12)7(13)3-5(4)11;/h2-3H,1H3,(H2,14,15,16,17);/q;+1. The van der Waals surface area contributed by atoms with Gasteiger partial charge in [0, 0.05) is 10.6 Å². The minimum Gasteiger partial charge on any atom is -0.320 e. The molecule has 8 heteroatoms. The van der Waals surface area contributed by atoms with Crippen LogP contribution in [0.15, 0.2) is 12.1 Å². The first-order valence-electron chi connectivity index (χ1n) is 4.63. The maximum atomic E-state index is 11.7. The van der Waals surface area contributed by atoms with E-state index < -0.39 is 17.5 Å². The summed E-state index contributed by atoms with van der Waals surface area (Å²) in [5, 5.41) is 5.46. The first kappa shape index (κ1) is 16.1. The average molecular weight is 317 g/mol. The van der Waals surface area contributed by atoms with Crippen molar-refractivity contribution in [2.45, 2.75) is 12.5 Å². The molecule has 18 heavy (non-hydrogen) atoms. The van der Waals surface area contributed by atoms with Gasteiger partial charge in [0.05, 0.1) is 10.0 Å². The third kappa shape index (κ3) is 2.64. The third-order valence-corrected chi connectivity index (χ3v) is 3.63. The van der Waals surface area contributed by atoms with Crippen molar-refractivity contribution in [1.82, 2.24) is 10.6 Å². The van der Waals surface area contributed by atoms with Crippen LogP contribution in [0.5, 0.6) is 0 Å². The van der Waals surface area contributed by atoms with E-state index >= 15 is 0 Å². The number of imide groups is 1. The summed E-state index contributed by atoms with van der Waals surface area (Å²) < 4.78 is 0. The summed E-state index contributed by atoms with van der Waals surface area (Å²) in [7, 11) is 0. The van der Waals surface area contributed by atoms with Crippen molar-refractivity contribution in [2.24, 2.45) is 0 Å². The summed E-state index contributed by atoms with van der Waals surface area (Å²) >= 11 is 17.7. The summed E-state index contributed by atoms with van der Waals surface area (Å²) in [6.45, 7) is 1.54. The second-order valence-corrected chi connectivity index (χ2v) is 5.00. The number of urea groups is 1. The van der Waals surface area contributed by atoms with Gasteiger partial charge < -0.3 is 5.32 Å². The number of benzene rings is 1. The summed E-state index contributed by atoms with van der Waals surface area (Å²) in [6.07, 6.45) is 0. The van der Waals surface area contributed by atoms with Crippen LogP contribution in [0.3, 0.4) is 0 Å². The van der Waals surface area contributed by atoms with E-state index in [-0.39, 0.29) is 44.6 Å². The van der Waals surface area contributed by atoms with Crippen molar-refractivity contribution in [2.75, 3.05) is 0 Å². The first-order valence-corrected chi connectivity index (χ1v) is 5.76. The molecule has 3 amide bonds. The minimum atomic E-state index is -1.23. The fourth-order valence-corrected chi connectivity index (χ4v) is 2.37. The molecule has 0 radical (unpaired) electrons. The number of carbonyl (C=O) groups excluding carboxylic acids is 2. The largest absolute Gasteiger partial charge is 1.00 e. The topological polar surface area (TPSA) is 58.2 Å². The molecule has 1 saturated heterocycles. The molecule has 1 aromatic carbocycles. The van der Waals surface area contributed by atoms with Crippen LogP contribution in [0.2, 0.25) is 15.1 Å². The van der Waals surface area contributed by atoms with Crippen molar-refractivity contribution in [1.29, 1.82) is 0 Å². The minimum absolute atomic E-state index is 0. The first-order chi connectivity index (χ1) is 7.84. The fourth-order valence-electron chi connectivity index (χ4n) is 1.64. The van der Waals surface area contributed by atoms with Crippen molar-refractivity contribution < 1.29 is 39.1 Å². The number of rotatable bonds is 1. The van der Waals surface area contributed by atoms with E-state index in [4.69, 9.17) is 34.8 Å². The van der Waals surface area contributed by atoms with E-state index in [9.17, 15) is 9.59 Å². The van der Waals surface area contributed by atoms with Crippen LogP contribution in [0.1, 0.15) is 12.5 Å². The van der Waals surface area contributed by atoms with Gasteiger partial charge in [-0.05, 0) is 19.1 Å². The van der Waals surface area contributed by atoms with Gasteiger partial charge in [0.1, 0.15) is 5.54 Å². The Labute approximate surface area is 141 Å². The van der Waals surface area contributed by atoms with E-state index in [0.717, 1.165) is 0 Å². The Morgan fingerprint density at radius 1 is 1.06 bits per heavy atom. The molecule has 1 unspecified atom stereocenters. The Hall–Kier alpha value is 0.0300. The zero-order valence-electron chi connectivity index (χ0n) is 9.61. The number of amides is 3. The Morgan fingerprint density at radius 2 is 1.61 bits per heavy atom. The Morgan fingerprint density at radius 3 is 2.11 bits per heavy atom. The summed E-state index contributed by atoms with van der Waals surface area (Å²) in [6, 6.07) is 2.33. The SMILES string of the molecule is CC1(c2cc(Cl)c(Cl)cc2Cl)NC(=O)NC1=O.[Na+]. The van der Waals surface area contributed by atoms with Gasteiger partial charge >= 0.3 is 35.6 Å². The monoisotopic (exact) mass is 315 g/mol. The van der Waals surface area contributed by atoms with Crippen LogP contribution in [0, 0.1) is 0 Å². The second-order valence-electron chi connectivity index (χ2n) is 3.78. The van der Waals surface area contributed by atoms with Gasteiger partial charge in [-0.1, -0.05) is 34.8 Å². The average Bonchev–Trinajstić information content (AvgIpc) is 2.47. The van der Waals surface area contributed by atoms with Crippen LogP contribution in [-0.2, 0) is 10.3 Å². The molecule has 1 aliphatic heterocycles. The van der Waals surface area contributed by atoms with E-state index in [2.05, 4.69) is 10.6 Å². The van der Waals surface area contributed by atoms with Crippen LogP contribution in [0.4, 0.5) is 4.79 Å². The Kier molecular flexibility index (Phi) is 4.98. The molecule has 1 aromatic rings. The smallest absolute Gasteiger partial charge is 0.320 e. The van der Waals surface area contributed by atoms with E-state index in [0.29, 0.717) is 5.56 Å². The molecule has 1 atom stereocenters. The maximum Gasteiger partial charge on any atom is 1.00 e. The van der Waals surface area contributed by atoms with Crippen LogP contribution in [0.25, 0.3) is 0 Å². The molecule has 0 saturated carbocycles. The molecule has 1 fully saturated rings. The Bertz CT molecular complexity index is 538. The van der Waals surface area contributed by atoms with Gasteiger partial charge in [-0.3, -0.25) is 10.1 Å². The Balaban J connectivity index is 0.00000162. The predicted octanol–water partition coefficient (Wildman–Crippen LogP) is -0.295. The molecule has 0 aromatic heterocycles.